The van der Waals surface area contributed by atoms with E-state index in [9.17, 15) is 19.2 Å². The highest BCUT2D eigenvalue weighted by molar-refractivity contribution is 8.01. The Kier molecular flexibility index (Phi) is 6.47. The topological polar surface area (TPSA) is 122 Å². The molecule has 176 valence electrons. The fourth-order valence-electron chi connectivity index (χ4n) is 4.25. The van der Waals surface area contributed by atoms with Crippen molar-refractivity contribution in [2.24, 2.45) is 11.1 Å². The summed E-state index contributed by atoms with van der Waals surface area (Å²) in [5, 5.41) is 18.8. The van der Waals surface area contributed by atoms with Crippen LogP contribution in [0.1, 0.15) is 38.2 Å². The van der Waals surface area contributed by atoms with Crippen LogP contribution in [0.2, 0.25) is 0 Å². The van der Waals surface area contributed by atoms with Crippen LogP contribution in [0.25, 0.3) is 0 Å². The maximum Gasteiger partial charge on any atom is 0.316 e. The largest absolute Gasteiger partial charge is 0.468 e. The number of carbonyl (C=O) groups excluding carboxylic acids is 2. The van der Waals surface area contributed by atoms with E-state index in [1.54, 1.807) is 17.0 Å². The zero-order chi connectivity index (χ0) is 24.6. The molecule has 1 aromatic carbocycles. The molecule has 0 radical (unpaired) electrons. The Morgan fingerprint density at radius 2 is 2.06 bits per heavy atom. The lowest BCUT2D eigenvalue weighted by atomic mass is 9.69. The third-order valence-electron chi connectivity index (χ3n) is 5.71. The van der Waals surface area contributed by atoms with Gasteiger partial charge in [0.25, 0.3) is 0 Å². The maximum absolute atomic E-state index is 13.6. The highest BCUT2D eigenvalue weighted by Gasteiger charge is 2.45. The number of ketones is 1. The summed E-state index contributed by atoms with van der Waals surface area (Å²) in [5.74, 6) is -1.35. The number of anilines is 1. The SMILES string of the molecule is COC(=O)CSc1nnc(N2C(N)=C(C#N)C(c3ccc(F)cc3)C3=C2CC(C)(C)CC3=O)s1. The predicted octanol–water partition coefficient (Wildman–Crippen LogP) is 3.88. The Morgan fingerprint density at radius 1 is 1.35 bits per heavy atom. The molecular weight excluding hydrogens is 477 g/mol. The zero-order valence-corrected chi connectivity index (χ0v) is 20.4. The van der Waals surface area contributed by atoms with Crippen LogP contribution in [0, 0.1) is 22.6 Å². The number of nitrogens with zero attached hydrogens (tertiary/aromatic N) is 4. The van der Waals surface area contributed by atoms with Gasteiger partial charge in [-0.25, -0.2) is 4.39 Å². The number of ether oxygens (including phenoxy) is 1. The molecule has 2 N–H and O–H groups in total. The smallest absolute Gasteiger partial charge is 0.316 e. The first-order valence-electron chi connectivity index (χ1n) is 10.4. The number of thioether (sulfide) groups is 1. The molecule has 0 fully saturated rings. The van der Waals surface area contributed by atoms with Crippen LogP contribution in [-0.4, -0.2) is 34.8 Å². The summed E-state index contributed by atoms with van der Waals surface area (Å²) < 4.78 is 18.8. The molecule has 8 nitrogen and oxygen atoms in total. The number of nitriles is 1. The molecule has 0 saturated carbocycles. The second-order valence-corrected chi connectivity index (χ2v) is 10.9. The van der Waals surface area contributed by atoms with E-state index < -0.39 is 17.7 Å². The fraction of sp³-hybridized carbons (Fsp3) is 0.348. The molecule has 2 aliphatic rings. The van der Waals surface area contributed by atoms with Gasteiger partial charge in [-0.3, -0.25) is 14.5 Å². The van der Waals surface area contributed by atoms with Crippen molar-refractivity contribution < 1.29 is 18.7 Å². The molecule has 1 aliphatic carbocycles. The van der Waals surface area contributed by atoms with Gasteiger partial charge in [-0.2, -0.15) is 5.26 Å². The number of carbonyl (C=O) groups is 2. The number of halogens is 1. The number of aromatic nitrogens is 2. The number of rotatable bonds is 5. The maximum atomic E-state index is 13.6. The van der Waals surface area contributed by atoms with Crippen molar-refractivity contribution in [1.82, 2.24) is 10.2 Å². The molecule has 0 spiro atoms. The van der Waals surface area contributed by atoms with Gasteiger partial charge in [0.05, 0.1) is 30.4 Å². The minimum Gasteiger partial charge on any atom is -0.468 e. The molecule has 2 heterocycles. The van der Waals surface area contributed by atoms with Gasteiger partial charge in [0.1, 0.15) is 11.6 Å². The summed E-state index contributed by atoms with van der Waals surface area (Å²) in [6.07, 6.45) is 0.835. The first-order valence-corrected chi connectivity index (χ1v) is 12.2. The lowest BCUT2D eigenvalue weighted by molar-refractivity contribution is -0.137. The summed E-state index contributed by atoms with van der Waals surface area (Å²) in [7, 11) is 1.31. The van der Waals surface area contributed by atoms with Crippen molar-refractivity contribution in [1.29, 1.82) is 5.26 Å². The standard InChI is InChI=1S/C23H22FN5O3S2/c1-23(2)8-15-19(16(30)9-23)18(12-4-6-13(24)7-5-12)14(10-25)20(26)29(15)21-27-28-22(34-21)33-11-17(31)32-3/h4-7,18H,8-9,11,26H2,1-3H3. The summed E-state index contributed by atoms with van der Waals surface area (Å²) >= 11 is 2.38. The molecule has 1 atom stereocenters. The average Bonchev–Trinajstić information content (AvgIpc) is 3.25. The lowest BCUT2D eigenvalue weighted by Gasteiger charge is -2.42. The Morgan fingerprint density at radius 3 is 2.71 bits per heavy atom. The number of methoxy groups -OCH3 is 1. The van der Waals surface area contributed by atoms with E-state index in [-0.39, 0.29) is 28.3 Å². The molecule has 4 rings (SSSR count). The van der Waals surface area contributed by atoms with Crippen molar-refractivity contribution in [3.8, 4) is 6.07 Å². The molecule has 0 amide bonds. The Hall–Kier alpha value is -3.23. The molecule has 1 unspecified atom stereocenters. The van der Waals surface area contributed by atoms with Gasteiger partial charge in [-0.15, -0.1) is 10.2 Å². The molecule has 11 heteroatoms. The van der Waals surface area contributed by atoms with Crippen LogP contribution in [0.4, 0.5) is 9.52 Å². The van der Waals surface area contributed by atoms with Gasteiger partial charge in [0.15, 0.2) is 10.1 Å². The van der Waals surface area contributed by atoms with E-state index in [1.807, 2.05) is 13.8 Å². The van der Waals surface area contributed by atoms with Crippen molar-refractivity contribution in [3.63, 3.8) is 0 Å². The molecule has 34 heavy (non-hydrogen) atoms. The molecular formula is C23H22FN5O3S2. The minimum absolute atomic E-state index is 0.0754. The van der Waals surface area contributed by atoms with Gasteiger partial charge in [0, 0.05) is 17.7 Å². The van der Waals surface area contributed by atoms with Gasteiger partial charge in [-0.05, 0) is 29.5 Å². The van der Waals surface area contributed by atoms with E-state index in [0.29, 0.717) is 39.1 Å². The third kappa shape index (κ3) is 4.43. The Bertz CT molecular complexity index is 1260. The van der Waals surface area contributed by atoms with E-state index in [4.69, 9.17) is 5.73 Å². The predicted molar refractivity (Wildman–Crippen MR) is 126 cm³/mol. The van der Waals surface area contributed by atoms with E-state index >= 15 is 0 Å². The minimum atomic E-state index is -0.693. The van der Waals surface area contributed by atoms with Crippen molar-refractivity contribution >= 4 is 40.0 Å². The monoisotopic (exact) mass is 499 g/mol. The van der Waals surface area contributed by atoms with Gasteiger partial charge >= 0.3 is 5.97 Å². The number of hydrogen-bond donors (Lipinski definition) is 1. The second-order valence-electron chi connectivity index (χ2n) is 8.75. The van der Waals surface area contributed by atoms with Gasteiger partial charge in [-0.1, -0.05) is 49.1 Å². The number of benzene rings is 1. The van der Waals surface area contributed by atoms with E-state index in [0.717, 1.165) is 0 Å². The normalized spacial score (nSPS) is 19.7. The highest BCUT2D eigenvalue weighted by Crippen LogP contribution is 2.50. The number of nitrogens with two attached hydrogens (primary N) is 1. The van der Waals surface area contributed by atoms with Crippen LogP contribution < -0.4 is 10.6 Å². The Labute approximate surface area is 204 Å². The fourth-order valence-corrected chi connectivity index (χ4v) is 5.96. The first-order chi connectivity index (χ1) is 16.1. The first kappa shape index (κ1) is 23.9. The van der Waals surface area contributed by atoms with Crippen LogP contribution in [0.3, 0.4) is 0 Å². The average molecular weight is 500 g/mol. The van der Waals surface area contributed by atoms with Crippen LogP contribution in [0.15, 0.2) is 51.3 Å². The highest BCUT2D eigenvalue weighted by atomic mass is 32.2. The molecule has 0 saturated heterocycles. The third-order valence-corrected chi connectivity index (χ3v) is 7.73. The summed E-state index contributed by atoms with van der Waals surface area (Å²) in [6.45, 7) is 3.99. The van der Waals surface area contributed by atoms with Gasteiger partial charge in [0.2, 0.25) is 5.13 Å². The summed E-state index contributed by atoms with van der Waals surface area (Å²) in [4.78, 5) is 26.6. The summed E-state index contributed by atoms with van der Waals surface area (Å²) in [6, 6.07) is 7.93. The van der Waals surface area contributed by atoms with Crippen LogP contribution >= 0.6 is 23.1 Å². The van der Waals surface area contributed by atoms with E-state index in [2.05, 4.69) is 21.0 Å². The van der Waals surface area contributed by atoms with Crippen molar-refractivity contribution in [2.75, 3.05) is 17.8 Å². The van der Waals surface area contributed by atoms with Crippen LogP contribution in [-0.2, 0) is 14.3 Å². The molecule has 2 aromatic rings. The zero-order valence-electron chi connectivity index (χ0n) is 18.8. The van der Waals surface area contributed by atoms with Gasteiger partial charge < -0.3 is 10.5 Å². The quantitative estimate of drug-likeness (QED) is 0.482. The second kappa shape index (κ2) is 9.19. The number of esters is 1. The molecule has 1 aliphatic heterocycles. The van der Waals surface area contributed by atoms with Crippen LogP contribution in [0.5, 0.6) is 0 Å². The number of allylic oxidation sites excluding steroid dienone is 3. The van der Waals surface area contributed by atoms with Crippen molar-refractivity contribution in [2.45, 2.75) is 36.9 Å². The molecule has 1 aromatic heterocycles. The number of Topliss-reactive ketones (excluding diaryl/α,β-unsaturated/α-hetero) is 1. The summed E-state index contributed by atoms with van der Waals surface area (Å²) in [5.41, 5.74) is 8.14. The van der Waals surface area contributed by atoms with Crippen molar-refractivity contribution in [3.05, 3.63) is 58.3 Å². The number of hydrogen-bond acceptors (Lipinski definition) is 10. The van der Waals surface area contributed by atoms with E-state index in [1.165, 1.54) is 42.3 Å². The lowest BCUT2D eigenvalue weighted by Crippen LogP contribution is -2.42. The Balaban J connectivity index is 1.84. The molecule has 0 bridgehead atoms.